The van der Waals surface area contributed by atoms with E-state index in [0.29, 0.717) is 6.42 Å². The molecule has 11 nitrogen and oxygen atoms in total. The highest BCUT2D eigenvalue weighted by molar-refractivity contribution is 7.47. The fourth-order valence-electron chi connectivity index (χ4n) is 3.64. The first-order chi connectivity index (χ1) is 22.1. The van der Waals surface area contributed by atoms with Crippen molar-refractivity contribution in [3.8, 4) is 0 Å². The molecule has 0 spiro atoms. The molecule has 0 saturated heterocycles. The molecule has 12 heteroatoms. The Morgan fingerprint density at radius 3 is 1.70 bits per heavy atom. The van der Waals surface area contributed by atoms with E-state index in [4.69, 9.17) is 9.84 Å². The van der Waals surface area contributed by atoms with Gasteiger partial charge in [0.05, 0.1) is 13.2 Å². The SMILES string of the molecule is CC/C=C\C/C=C\C/C=C\C/C=C\C/C=C\C/C=C\CCCCCCC(=O)OCC(O)COP(=O)(O)OCC(NC(C)=O)C(=O)O. The molecule has 0 aliphatic rings. The van der Waals surface area contributed by atoms with Gasteiger partial charge in [0.15, 0.2) is 6.04 Å². The number of carboxylic acid groups (broad SMARTS) is 1. The zero-order valence-electron chi connectivity index (χ0n) is 27.3. The third kappa shape index (κ3) is 29.6. The van der Waals surface area contributed by atoms with Crippen LogP contribution in [-0.4, -0.2) is 64.9 Å². The van der Waals surface area contributed by atoms with Crippen LogP contribution in [-0.2, 0) is 32.7 Å². The number of esters is 1. The number of allylic oxidation sites excluding steroid dienone is 12. The van der Waals surface area contributed by atoms with Gasteiger partial charge in [-0.3, -0.25) is 18.6 Å². The highest BCUT2D eigenvalue weighted by Crippen LogP contribution is 2.43. The number of carbonyl (C=O) groups excluding carboxylic acids is 2. The molecule has 1 amide bonds. The summed E-state index contributed by atoms with van der Waals surface area (Å²) in [4.78, 5) is 43.5. The van der Waals surface area contributed by atoms with Crippen molar-refractivity contribution in [3.63, 3.8) is 0 Å². The molecule has 0 aromatic carbocycles. The van der Waals surface area contributed by atoms with Gasteiger partial charge < -0.3 is 25.2 Å². The Kier molecular flexibility index (Phi) is 27.4. The fourth-order valence-corrected chi connectivity index (χ4v) is 4.41. The number of aliphatic carboxylic acids is 1. The van der Waals surface area contributed by atoms with Crippen LogP contribution in [0.15, 0.2) is 72.9 Å². The number of unbranched alkanes of at least 4 members (excludes halogenated alkanes) is 4. The van der Waals surface area contributed by atoms with Gasteiger partial charge in [-0.15, -0.1) is 0 Å². The molecule has 0 aromatic rings. The lowest BCUT2D eigenvalue weighted by Crippen LogP contribution is -2.42. The summed E-state index contributed by atoms with van der Waals surface area (Å²) in [6.45, 7) is 1.27. The summed E-state index contributed by atoms with van der Waals surface area (Å²) in [5.41, 5.74) is 0. The van der Waals surface area contributed by atoms with Gasteiger partial charge in [0.25, 0.3) is 0 Å². The molecule has 0 fully saturated rings. The lowest BCUT2D eigenvalue weighted by atomic mass is 10.1. The second kappa shape index (κ2) is 29.3. The first-order valence-corrected chi connectivity index (χ1v) is 17.4. The zero-order chi connectivity index (χ0) is 34.3. The van der Waals surface area contributed by atoms with Crippen LogP contribution in [0.25, 0.3) is 0 Å². The number of nitrogens with one attached hydrogen (secondary N) is 1. The molecule has 0 saturated carbocycles. The predicted octanol–water partition coefficient (Wildman–Crippen LogP) is 6.65. The van der Waals surface area contributed by atoms with E-state index >= 15 is 0 Å². The van der Waals surface area contributed by atoms with Crippen molar-refractivity contribution in [3.05, 3.63) is 72.9 Å². The monoisotopic (exact) mass is 667 g/mol. The largest absolute Gasteiger partial charge is 0.480 e. The minimum atomic E-state index is -4.71. The molecule has 0 aliphatic carbocycles. The maximum atomic E-state index is 11.9. The van der Waals surface area contributed by atoms with Crippen LogP contribution in [0.5, 0.6) is 0 Å². The average molecular weight is 668 g/mol. The van der Waals surface area contributed by atoms with Gasteiger partial charge in [-0.1, -0.05) is 92.7 Å². The maximum Gasteiger partial charge on any atom is 0.472 e. The highest BCUT2D eigenvalue weighted by atomic mass is 31.2. The molecule has 0 aliphatic heterocycles. The number of amides is 1. The zero-order valence-corrected chi connectivity index (χ0v) is 28.2. The molecule has 4 N–H and O–H groups in total. The Morgan fingerprint density at radius 1 is 0.717 bits per heavy atom. The molecular formula is C34H54NO10P. The molecule has 260 valence electrons. The number of phosphoric ester groups is 1. The minimum absolute atomic E-state index is 0.189. The van der Waals surface area contributed by atoms with Gasteiger partial charge in [-0.2, -0.15) is 0 Å². The van der Waals surface area contributed by atoms with Crippen LogP contribution in [0.4, 0.5) is 0 Å². The second-order valence-electron chi connectivity index (χ2n) is 10.4. The summed E-state index contributed by atoms with van der Waals surface area (Å²) in [7, 11) is -4.71. The van der Waals surface area contributed by atoms with Crippen molar-refractivity contribution in [2.24, 2.45) is 0 Å². The van der Waals surface area contributed by atoms with Crippen LogP contribution < -0.4 is 5.32 Å². The van der Waals surface area contributed by atoms with Gasteiger partial charge in [0.2, 0.25) is 5.91 Å². The highest BCUT2D eigenvalue weighted by Gasteiger charge is 2.28. The van der Waals surface area contributed by atoms with Crippen molar-refractivity contribution >= 4 is 25.7 Å². The fraction of sp³-hybridized carbons (Fsp3) is 0.559. The quantitative estimate of drug-likeness (QED) is 0.0307. The Bertz CT molecular complexity index is 1060. The number of aliphatic hydroxyl groups is 1. The summed E-state index contributed by atoms with van der Waals surface area (Å²) in [6.07, 6.45) is 35.3. The number of phosphoric acid groups is 1. The standard InChI is InChI=1S/C34H54NO10P/c1-3-4-5-6-7-8-9-10-11-12-13-14-15-16-17-18-19-20-21-22-23-24-25-26-33(38)43-27-31(37)28-44-46(41,42)45-29-32(34(39)40)35-30(2)36/h4-5,7-8,10-11,13-14,16-17,19-20,31-32,37H,3,6,9,12,15,18,21-29H2,1-2H3,(H,35,36)(H,39,40)(H,41,42)/b5-4-,8-7-,11-10-,14-13-,17-16-,20-19-. The Morgan fingerprint density at radius 2 is 1.20 bits per heavy atom. The number of carbonyl (C=O) groups is 3. The van der Waals surface area contributed by atoms with Crippen LogP contribution in [0.1, 0.15) is 90.9 Å². The van der Waals surface area contributed by atoms with Crippen molar-refractivity contribution in [1.82, 2.24) is 5.32 Å². The van der Waals surface area contributed by atoms with Gasteiger partial charge in [0, 0.05) is 13.3 Å². The molecule has 0 radical (unpaired) electrons. The number of hydrogen-bond donors (Lipinski definition) is 4. The second-order valence-corrected chi connectivity index (χ2v) is 11.8. The number of aliphatic hydroxyl groups excluding tert-OH is 1. The maximum absolute atomic E-state index is 11.9. The van der Waals surface area contributed by atoms with Crippen molar-refractivity contribution in [1.29, 1.82) is 0 Å². The van der Waals surface area contributed by atoms with E-state index in [1.807, 2.05) is 5.32 Å². The minimum Gasteiger partial charge on any atom is -0.480 e. The van der Waals surface area contributed by atoms with Crippen LogP contribution in [0.2, 0.25) is 0 Å². The molecule has 0 aromatic heterocycles. The average Bonchev–Trinajstić information content (AvgIpc) is 3.01. The molecule has 3 unspecified atom stereocenters. The van der Waals surface area contributed by atoms with Gasteiger partial charge >= 0.3 is 19.8 Å². The van der Waals surface area contributed by atoms with E-state index in [9.17, 15) is 28.9 Å². The smallest absolute Gasteiger partial charge is 0.472 e. The predicted molar refractivity (Wildman–Crippen MR) is 180 cm³/mol. The lowest BCUT2D eigenvalue weighted by molar-refractivity contribution is -0.147. The summed E-state index contributed by atoms with van der Waals surface area (Å²) in [5.74, 6) is -2.63. The normalized spacial score (nSPS) is 15.0. The van der Waals surface area contributed by atoms with Gasteiger partial charge in [-0.25, -0.2) is 9.36 Å². The van der Waals surface area contributed by atoms with E-state index in [2.05, 4.69) is 88.9 Å². The van der Waals surface area contributed by atoms with Crippen molar-refractivity contribution in [2.45, 2.75) is 103 Å². The summed E-state index contributed by atoms with van der Waals surface area (Å²) in [5, 5.41) is 20.9. The first-order valence-electron chi connectivity index (χ1n) is 15.9. The Hall–Kier alpha value is -3.08. The molecule has 0 bridgehead atoms. The van der Waals surface area contributed by atoms with Crippen LogP contribution in [0, 0.1) is 0 Å². The summed E-state index contributed by atoms with van der Waals surface area (Å²) < 4.78 is 26.0. The van der Waals surface area contributed by atoms with Gasteiger partial charge in [0.1, 0.15) is 12.7 Å². The number of hydrogen-bond acceptors (Lipinski definition) is 8. The molecule has 0 rings (SSSR count). The topological polar surface area (TPSA) is 169 Å². The number of rotatable bonds is 28. The van der Waals surface area contributed by atoms with E-state index in [-0.39, 0.29) is 6.42 Å². The summed E-state index contributed by atoms with van der Waals surface area (Å²) in [6, 6.07) is -1.55. The van der Waals surface area contributed by atoms with E-state index in [1.165, 1.54) is 0 Å². The molecule has 3 atom stereocenters. The Labute approximate surface area is 274 Å². The molecule has 46 heavy (non-hydrogen) atoms. The molecular weight excluding hydrogens is 613 g/mol. The number of carboxylic acids is 1. The van der Waals surface area contributed by atoms with Crippen molar-refractivity contribution < 1.29 is 47.8 Å². The van der Waals surface area contributed by atoms with E-state index < -0.39 is 57.6 Å². The van der Waals surface area contributed by atoms with Crippen molar-refractivity contribution in [2.75, 3.05) is 19.8 Å². The number of ether oxygens (including phenoxy) is 1. The molecule has 0 heterocycles. The van der Waals surface area contributed by atoms with E-state index in [1.54, 1.807) is 0 Å². The lowest BCUT2D eigenvalue weighted by Gasteiger charge is -2.18. The van der Waals surface area contributed by atoms with E-state index in [0.717, 1.165) is 71.1 Å². The van der Waals surface area contributed by atoms with Crippen LogP contribution in [0.3, 0.4) is 0 Å². The first kappa shape index (κ1) is 42.9. The summed E-state index contributed by atoms with van der Waals surface area (Å²) >= 11 is 0. The third-order valence-electron chi connectivity index (χ3n) is 6.04. The third-order valence-corrected chi connectivity index (χ3v) is 7.00. The van der Waals surface area contributed by atoms with Crippen LogP contribution >= 0.6 is 7.82 Å². The van der Waals surface area contributed by atoms with Gasteiger partial charge in [-0.05, 0) is 57.8 Å². The Balaban J connectivity index is 3.79.